The van der Waals surface area contributed by atoms with Crippen LogP contribution >= 0.6 is 15.9 Å². The normalized spacial score (nSPS) is 13.6. The summed E-state index contributed by atoms with van der Waals surface area (Å²) in [5, 5.41) is 8.82. The van der Waals surface area contributed by atoms with Crippen LogP contribution in [0.25, 0.3) is 0 Å². The van der Waals surface area contributed by atoms with Gasteiger partial charge in [0.25, 0.3) is 0 Å². The second kappa shape index (κ2) is 7.39. The number of hydrogen-bond donors (Lipinski definition) is 2. The van der Waals surface area contributed by atoms with Gasteiger partial charge in [-0.3, -0.25) is 0 Å². The third-order valence-corrected chi connectivity index (χ3v) is 5.12. The first kappa shape index (κ1) is 18.1. The van der Waals surface area contributed by atoms with E-state index in [0.717, 1.165) is 6.07 Å². The summed E-state index contributed by atoms with van der Waals surface area (Å²) < 4.78 is 37.1. The third-order valence-electron chi connectivity index (χ3n) is 2.77. The molecule has 1 unspecified atom stereocenters. The van der Waals surface area contributed by atoms with Gasteiger partial charge in [0.2, 0.25) is 15.8 Å². The van der Waals surface area contributed by atoms with Gasteiger partial charge in [-0.2, -0.15) is 0 Å². The van der Waals surface area contributed by atoms with Crippen molar-refractivity contribution in [1.29, 1.82) is 0 Å². The Morgan fingerprint density at radius 2 is 2.14 bits per heavy atom. The van der Waals surface area contributed by atoms with E-state index in [9.17, 15) is 13.2 Å². The van der Waals surface area contributed by atoms with Crippen LogP contribution in [0.3, 0.4) is 0 Å². The van der Waals surface area contributed by atoms with Crippen molar-refractivity contribution in [1.82, 2.24) is 4.72 Å². The van der Waals surface area contributed by atoms with Gasteiger partial charge >= 0.3 is 5.97 Å². The number of carboxylic acid groups (broad SMARTS) is 1. The van der Waals surface area contributed by atoms with Crippen molar-refractivity contribution in [2.75, 3.05) is 13.2 Å². The first-order valence-corrected chi connectivity index (χ1v) is 8.59. The number of aromatic carboxylic acids is 1. The summed E-state index contributed by atoms with van der Waals surface area (Å²) in [5.74, 6) is -1.78. The van der Waals surface area contributed by atoms with Crippen LogP contribution in [-0.4, -0.2) is 38.7 Å². The van der Waals surface area contributed by atoms with E-state index in [1.165, 1.54) is 0 Å². The molecular formula is C12H18BrNO6S. The van der Waals surface area contributed by atoms with E-state index in [2.05, 4.69) is 20.7 Å². The lowest BCUT2D eigenvalue weighted by Gasteiger charge is -2.21. The predicted molar refractivity (Wildman–Crippen MR) is 78.8 cm³/mol. The highest BCUT2D eigenvalue weighted by Crippen LogP contribution is 2.26. The fraction of sp³-hybridized carbons (Fsp3) is 0.583. The van der Waals surface area contributed by atoms with E-state index in [0.29, 0.717) is 6.61 Å². The highest BCUT2D eigenvalue weighted by atomic mass is 79.9. The van der Waals surface area contributed by atoms with Crippen molar-refractivity contribution in [3.8, 4) is 0 Å². The molecule has 2 N–H and O–H groups in total. The lowest BCUT2D eigenvalue weighted by Crippen LogP contribution is -2.41. The molecule has 0 saturated carbocycles. The first-order chi connectivity index (χ1) is 9.69. The maximum Gasteiger partial charge on any atom is 0.371 e. The molecule has 1 heterocycles. The summed E-state index contributed by atoms with van der Waals surface area (Å²) in [4.78, 5) is 10.6. The van der Waals surface area contributed by atoms with Gasteiger partial charge in [0.15, 0.2) is 4.67 Å². The summed E-state index contributed by atoms with van der Waals surface area (Å²) in [6.07, 6.45) is 0. The molecule has 0 aliphatic carbocycles. The summed E-state index contributed by atoms with van der Waals surface area (Å²) in [6, 6.07) is 0.539. The van der Waals surface area contributed by atoms with Crippen LogP contribution in [0.15, 0.2) is 20.0 Å². The zero-order valence-corrected chi connectivity index (χ0v) is 14.3. The summed E-state index contributed by atoms with van der Waals surface area (Å²) in [5.41, 5.74) is 0. The van der Waals surface area contributed by atoms with Crippen LogP contribution in [0.4, 0.5) is 0 Å². The molecule has 1 aromatic rings. The number of carbonyl (C=O) groups is 1. The molecule has 0 aliphatic rings. The number of rotatable bonds is 8. The average Bonchev–Trinajstić information content (AvgIpc) is 2.77. The van der Waals surface area contributed by atoms with Gasteiger partial charge in [-0.25, -0.2) is 17.9 Å². The maximum absolute atomic E-state index is 12.3. The van der Waals surface area contributed by atoms with Gasteiger partial charge in [-0.05, 0) is 28.8 Å². The Morgan fingerprint density at radius 1 is 1.52 bits per heavy atom. The molecule has 0 fully saturated rings. The molecule has 0 saturated heterocycles. The standard InChI is InChI=1S/C12H18BrNO6S/c1-4-19-6-8(7(2)3)14-21(17,18)10-5-9(12(15)16)20-11(10)13/h5,7-8,14H,4,6H2,1-3H3,(H,15,16). The third kappa shape index (κ3) is 4.80. The Bertz CT molecular complexity index is 595. The maximum atomic E-state index is 12.3. The van der Waals surface area contributed by atoms with E-state index in [1.807, 2.05) is 20.8 Å². The Morgan fingerprint density at radius 3 is 2.57 bits per heavy atom. The Kier molecular flexibility index (Phi) is 6.39. The van der Waals surface area contributed by atoms with Crippen molar-refractivity contribution in [2.24, 2.45) is 5.92 Å². The zero-order chi connectivity index (χ0) is 16.2. The SMILES string of the molecule is CCOCC(NS(=O)(=O)c1cc(C(=O)O)oc1Br)C(C)C. The summed E-state index contributed by atoms with van der Waals surface area (Å²) in [7, 11) is -3.91. The molecule has 9 heteroatoms. The number of carboxylic acids is 1. The Labute approximate surface area is 131 Å². The molecule has 1 rings (SSSR count). The molecule has 1 aromatic heterocycles. The van der Waals surface area contributed by atoms with Crippen LogP contribution in [0.1, 0.15) is 31.3 Å². The van der Waals surface area contributed by atoms with E-state index in [-0.39, 0.29) is 22.1 Å². The fourth-order valence-electron chi connectivity index (χ4n) is 1.51. The van der Waals surface area contributed by atoms with E-state index in [4.69, 9.17) is 14.3 Å². The van der Waals surface area contributed by atoms with Gasteiger partial charge in [0.05, 0.1) is 6.61 Å². The number of halogens is 1. The smallest absolute Gasteiger partial charge is 0.371 e. The monoisotopic (exact) mass is 383 g/mol. The van der Waals surface area contributed by atoms with Crippen molar-refractivity contribution in [2.45, 2.75) is 31.7 Å². The lowest BCUT2D eigenvalue weighted by molar-refractivity contribution is 0.0661. The number of nitrogens with one attached hydrogen (secondary N) is 1. The minimum absolute atomic E-state index is 0.0101. The zero-order valence-electron chi connectivity index (χ0n) is 11.9. The molecule has 0 bridgehead atoms. The van der Waals surface area contributed by atoms with Crippen molar-refractivity contribution in [3.05, 3.63) is 16.5 Å². The van der Waals surface area contributed by atoms with Gasteiger partial charge in [0, 0.05) is 18.7 Å². The molecule has 0 radical (unpaired) electrons. The molecule has 120 valence electrons. The Balaban J connectivity index is 3.01. The number of furan rings is 1. The molecule has 0 aliphatic heterocycles. The quantitative estimate of drug-likeness (QED) is 0.711. The van der Waals surface area contributed by atoms with E-state index >= 15 is 0 Å². The van der Waals surface area contributed by atoms with Crippen molar-refractivity contribution in [3.63, 3.8) is 0 Å². The van der Waals surface area contributed by atoms with Crippen LogP contribution in [0.5, 0.6) is 0 Å². The minimum Gasteiger partial charge on any atom is -0.475 e. The highest BCUT2D eigenvalue weighted by Gasteiger charge is 2.28. The minimum atomic E-state index is -3.91. The van der Waals surface area contributed by atoms with Gasteiger partial charge in [-0.1, -0.05) is 13.8 Å². The summed E-state index contributed by atoms with van der Waals surface area (Å²) >= 11 is 2.92. The van der Waals surface area contributed by atoms with Crippen molar-refractivity contribution < 1.29 is 27.5 Å². The second-order valence-electron chi connectivity index (χ2n) is 4.69. The molecule has 0 aromatic carbocycles. The van der Waals surface area contributed by atoms with Crippen LogP contribution in [0.2, 0.25) is 0 Å². The van der Waals surface area contributed by atoms with Crippen LogP contribution in [-0.2, 0) is 14.8 Å². The molecule has 0 amide bonds. The van der Waals surface area contributed by atoms with Crippen LogP contribution < -0.4 is 4.72 Å². The van der Waals surface area contributed by atoms with E-state index < -0.39 is 27.8 Å². The second-order valence-corrected chi connectivity index (χ2v) is 7.09. The van der Waals surface area contributed by atoms with Gasteiger partial charge < -0.3 is 14.3 Å². The number of sulfonamides is 1. The number of ether oxygens (including phenoxy) is 1. The fourth-order valence-corrected chi connectivity index (χ4v) is 3.82. The predicted octanol–water partition coefficient (Wildman–Crippen LogP) is 2.08. The summed E-state index contributed by atoms with van der Waals surface area (Å²) in [6.45, 7) is 6.24. The first-order valence-electron chi connectivity index (χ1n) is 6.31. The van der Waals surface area contributed by atoms with Crippen LogP contribution in [0, 0.1) is 5.92 Å². The molecule has 1 atom stereocenters. The van der Waals surface area contributed by atoms with Gasteiger partial charge in [-0.15, -0.1) is 0 Å². The Hall–Kier alpha value is -0.900. The van der Waals surface area contributed by atoms with E-state index in [1.54, 1.807) is 0 Å². The van der Waals surface area contributed by atoms with Gasteiger partial charge in [0.1, 0.15) is 4.90 Å². The molecule has 7 nitrogen and oxygen atoms in total. The topological polar surface area (TPSA) is 106 Å². The lowest BCUT2D eigenvalue weighted by atomic mass is 10.1. The van der Waals surface area contributed by atoms with Crippen molar-refractivity contribution >= 4 is 31.9 Å². The largest absolute Gasteiger partial charge is 0.475 e. The number of hydrogen-bond acceptors (Lipinski definition) is 5. The highest BCUT2D eigenvalue weighted by molar-refractivity contribution is 9.10. The molecule has 21 heavy (non-hydrogen) atoms. The average molecular weight is 384 g/mol. The molecule has 0 spiro atoms. The molecular weight excluding hydrogens is 366 g/mol.